The van der Waals surface area contributed by atoms with Crippen molar-refractivity contribution in [3.05, 3.63) is 83.9 Å². The Kier molecular flexibility index (Phi) is 13.1. The van der Waals surface area contributed by atoms with Crippen molar-refractivity contribution in [1.29, 1.82) is 0 Å². The number of halogens is 3. The van der Waals surface area contributed by atoms with Crippen molar-refractivity contribution in [2.75, 3.05) is 0 Å². The molecule has 2 N–H and O–H groups in total. The molecule has 0 aliphatic heterocycles. The fourth-order valence-corrected chi connectivity index (χ4v) is 6.39. The van der Waals surface area contributed by atoms with E-state index in [1.807, 2.05) is 48.5 Å². The minimum atomic E-state index is -5.23. The molecule has 0 bridgehead atoms. The SMILES string of the molecule is CC(C)CC(CC(=O)[C@H](Cc1cccc2ccccc12)NC(=O)OCc1ccccc1)C(=O)N[C@@H](C[C@@H]1CCCCC1=O)C(=O)C(F)(F)F. The molecule has 49 heavy (non-hydrogen) atoms. The van der Waals surface area contributed by atoms with E-state index >= 15 is 0 Å². The number of benzene rings is 3. The van der Waals surface area contributed by atoms with E-state index in [1.54, 1.807) is 38.1 Å². The minimum absolute atomic E-state index is 0.0433. The molecule has 8 nitrogen and oxygen atoms in total. The number of nitrogens with one attached hydrogen (secondary N) is 2. The van der Waals surface area contributed by atoms with Gasteiger partial charge < -0.3 is 15.4 Å². The molecular formula is C38H43F3N2O6. The highest BCUT2D eigenvalue weighted by atomic mass is 19.4. The summed E-state index contributed by atoms with van der Waals surface area (Å²) in [7, 11) is 0. The minimum Gasteiger partial charge on any atom is -0.445 e. The van der Waals surface area contributed by atoms with Crippen LogP contribution < -0.4 is 10.6 Å². The zero-order valence-corrected chi connectivity index (χ0v) is 27.8. The monoisotopic (exact) mass is 680 g/mol. The summed E-state index contributed by atoms with van der Waals surface area (Å²) in [6.45, 7) is 3.56. The van der Waals surface area contributed by atoms with Crippen LogP contribution in [0.15, 0.2) is 72.8 Å². The smallest absolute Gasteiger partial charge is 0.445 e. The van der Waals surface area contributed by atoms with Crippen LogP contribution in [-0.4, -0.2) is 47.6 Å². The fourth-order valence-electron chi connectivity index (χ4n) is 6.39. The number of carbonyl (C=O) groups excluding carboxylic acids is 5. The van der Waals surface area contributed by atoms with Crippen molar-refractivity contribution < 1.29 is 41.9 Å². The van der Waals surface area contributed by atoms with Gasteiger partial charge in [-0.2, -0.15) is 13.2 Å². The van der Waals surface area contributed by atoms with Gasteiger partial charge in [-0.3, -0.25) is 19.2 Å². The molecule has 11 heteroatoms. The molecule has 0 saturated heterocycles. The third-order valence-electron chi connectivity index (χ3n) is 8.89. The molecule has 0 radical (unpaired) electrons. The first kappa shape index (κ1) is 37.3. The van der Waals surface area contributed by atoms with E-state index < -0.39 is 66.5 Å². The molecule has 0 spiro atoms. The summed E-state index contributed by atoms with van der Waals surface area (Å²) in [6, 6.07) is 19.0. The van der Waals surface area contributed by atoms with Crippen LogP contribution in [-0.2, 0) is 36.9 Å². The number of fused-ring (bicyclic) bond motifs is 1. The Hall–Kier alpha value is -4.54. The zero-order valence-electron chi connectivity index (χ0n) is 27.8. The summed E-state index contributed by atoms with van der Waals surface area (Å²) >= 11 is 0. The van der Waals surface area contributed by atoms with Crippen LogP contribution in [0.3, 0.4) is 0 Å². The Morgan fingerprint density at radius 1 is 0.878 bits per heavy atom. The molecular weight excluding hydrogens is 637 g/mol. The number of hydrogen-bond acceptors (Lipinski definition) is 6. The number of carbonyl (C=O) groups is 5. The standard InChI is InChI=1S/C38H43F3N2O6/c1-24(2)19-29(36(47)42-32(35(46)38(39,40)41)21-28-14-7-9-18-33(28)44)22-34(45)31(43-37(48)49-23-25-11-4-3-5-12-25)20-27-16-10-15-26-13-6-8-17-30(26)27/h3-6,8,10-13,15-17,24,28-29,31-32H,7,9,14,18-23H2,1-2H3,(H,42,47)(H,43,48)/t28-,29?,31-,32-/m0/s1. The number of alkyl halides is 3. The lowest BCUT2D eigenvalue weighted by molar-refractivity contribution is -0.174. The molecule has 3 aromatic carbocycles. The Balaban J connectivity index is 1.56. The molecule has 1 aliphatic rings. The molecule has 4 atom stereocenters. The van der Waals surface area contributed by atoms with Crippen LogP contribution >= 0.6 is 0 Å². The maximum Gasteiger partial charge on any atom is 0.452 e. The largest absolute Gasteiger partial charge is 0.452 e. The van der Waals surface area contributed by atoms with E-state index in [4.69, 9.17) is 4.74 Å². The number of Topliss-reactive ketones (excluding diaryl/α,β-unsaturated/α-hetero) is 3. The van der Waals surface area contributed by atoms with Crippen molar-refractivity contribution in [2.24, 2.45) is 17.8 Å². The molecule has 1 saturated carbocycles. The van der Waals surface area contributed by atoms with Gasteiger partial charge in [0.15, 0.2) is 5.78 Å². The Labute approximate surface area is 284 Å². The Morgan fingerprint density at radius 3 is 2.27 bits per heavy atom. The van der Waals surface area contributed by atoms with Crippen molar-refractivity contribution in [3.63, 3.8) is 0 Å². The fraction of sp³-hybridized carbons (Fsp3) is 0.447. The zero-order chi connectivity index (χ0) is 35.6. The summed E-state index contributed by atoms with van der Waals surface area (Å²) in [6.07, 6.45) is -4.92. The summed E-state index contributed by atoms with van der Waals surface area (Å²) in [5, 5.41) is 6.71. The van der Waals surface area contributed by atoms with E-state index in [0.717, 1.165) is 21.9 Å². The predicted molar refractivity (Wildman–Crippen MR) is 178 cm³/mol. The number of hydrogen-bond donors (Lipinski definition) is 2. The van der Waals surface area contributed by atoms with Crippen molar-refractivity contribution >= 4 is 40.1 Å². The normalized spacial score (nSPS) is 16.9. The van der Waals surface area contributed by atoms with Gasteiger partial charge in [0, 0.05) is 31.1 Å². The number of amides is 2. The average Bonchev–Trinajstić information content (AvgIpc) is 3.07. The molecule has 1 aliphatic carbocycles. The summed E-state index contributed by atoms with van der Waals surface area (Å²) in [5.41, 5.74) is 1.50. The van der Waals surface area contributed by atoms with Crippen molar-refractivity contribution in [2.45, 2.75) is 90.1 Å². The third-order valence-corrected chi connectivity index (χ3v) is 8.89. The van der Waals surface area contributed by atoms with Crippen molar-refractivity contribution in [1.82, 2.24) is 10.6 Å². The lowest BCUT2D eigenvalue weighted by Gasteiger charge is -2.28. The summed E-state index contributed by atoms with van der Waals surface area (Å²) < 4.78 is 46.3. The average molecular weight is 681 g/mol. The number of alkyl carbamates (subject to hydrolysis) is 1. The molecule has 1 fully saturated rings. The molecule has 3 aromatic rings. The van der Waals surface area contributed by atoms with Gasteiger partial charge in [0.25, 0.3) is 5.78 Å². The first-order valence-electron chi connectivity index (χ1n) is 16.7. The van der Waals surface area contributed by atoms with Gasteiger partial charge in [-0.05, 0) is 53.5 Å². The van der Waals surface area contributed by atoms with Gasteiger partial charge in [0.05, 0.1) is 12.1 Å². The summed E-state index contributed by atoms with van der Waals surface area (Å²) in [5.74, 6) is -5.78. The Bertz CT molecular complexity index is 1620. The number of ether oxygens (including phenoxy) is 1. The van der Waals surface area contributed by atoms with E-state index in [2.05, 4.69) is 10.6 Å². The van der Waals surface area contributed by atoms with Gasteiger partial charge in [-0.25, -0.2) is 4.79 Å². The van der Waals surface area contributed by atoms with Crippen LogP contribution in [0.1, 0.15) is 69.9 Å². The second-order valence-electron chi connectivity index (χ2n) is 13.2. The van der Waals surface area contributed by atoms with Gasteiger partial charge >= 0.3 is 12.3 Å². The lowest BCUT2D eigenvalue weighted by Crippen LogP contribution is -2.51. The number of rotatable bonds is 15. The quantitative estimate of drug-likeness (QED) is 0.177. The Morgan fingerprint density at radius 2 is 1.57 bits per heavy atom. The molecule has 2 amide bonds. The highest BCUT2D eigenvalue weighted by Gasteiger charge is 2.46. The molecule has 0 heterocycles. The molecule has 0 aromatic heterocycles. The van der Waals surface area contributed by atoms with Gasteiger partial charge in [-0.1, -0.05) is 93.1 Å². The van der Waals surface area contributed by atoms with Crippen LogP contribution in [0.5, 0.6) is 0 Å². The highest BCUT2D eigenvalue weighted by Crippen LogP contribution is 2.29. The maximum atomic E-state index is 14.0. The maximum absolute atomic E-state index is 14.0. The van der Waals surface area contributed by atoms with E-state index in [1.165, 1.54) is 0 Å². The van der Waals surface area contributed by atoms with Crippen LogP contribution in [0, 0.1) is 17.8 Å². The molecule has 262 valence electrons. The molecule has 4 rings (SSSR count). The molecule has 1 unspecified atom stereocenters. The summed E-state index contributed by atoms with van der Waals surface area (Å²) in [4.78, 5) is 65.5. The first-order valence-corrected chi connectivity index (χ1v) is 16.7. The topological polar surface area (TPSA) is 119 Å². The van der Waals surface area contributed by atoms with Crippen LogP contribution in [0.4, 0.5) is 18.0 Å². The second-order valence-corrected chi connectivity index (χ2v) is 13.2. The van der Waals surface area contributed by atoms with Crippen molar-refractivity contribution in [3.8, 4) is 0 Å². The first-order chi connectivity index (χ1) is 23.3. The van der Waals surface area contributed by atoms with E-state index in [0.29, 0.717) is 19.3 Å². The number of ketones is 3. The predicted octanol–water partition coefficient (Wildman–Crippen LogP) is 7.06. The lowest BCUT2D eigenvalue weighted by atomic mass is 9.82. The second kappa shape index (κ2) is 17.2. The van der Waals surface area contributed by atoms with E-state index in [-0.39, 0.29) is 37.6 Å². The van der Waals surface area contributed by atoms with Crippen LogP contribution in [0.2, 0.25) is 0 Å². The van der Waals surface area contributed by atoms with Gasteiger partial charge in [-0.15, -0.1) is 0 Å². The van der Waals surface area contributed by atoms with Crippen LogP contribution in [0.25, 0.3) is 10.8 Å². The van der Waals surface area contributed by atoms with E-state index in [9.17, 15) is 37.1 Å². The third kappa shape index (κ3) is 11.0. The van der Waals surface area contributed by atoms with Gasteiger partial charge in [0.1, 0.15) is 12.4 Å². The highest BCUT2D eigenvalue weighted by molar-refractivity contribution is 5.96. The van der Waals surface area contributed by atoms with Gasteiger partial charge in [0.2, 0.25) is 5.91 Å².